The normalized spacial score (nSPS) is 30.4. The van der Waals surface area contributed by atoms with Gasteiger partial charge in [0.05, 0.1) is 5.60 Å². The van der Waals surface area contributed by atoms with Crippen molar-refractivity contribution in [1.82, 2.24) is 0 Å². The zero-order chi connectivity index (χ0) is 10.3. The second-order valence-corrected chi connectivity index (χ2v) is 4.10. The highest BCUT2D eigenvalue weighted by Crippen LogP contribution is 2.45. The van der Waals surface area contributed by atoms with E-state index in [0.29, 0.717) is 6.42 Å². The molecule has 2 unspecified atom stereocenters. The molecule has 1 fully saturated rings. The quantitative estimate of drug-likeness (QED) is 0.773. The Kier molecular flexibility index (Phi) is 2.07. The van der Waals surface area contributed by atoms with Crippen molar-refractivity contribution >= 4 is 0 Å². The molecular formula is C11H12F2O. The first-order valence-corrected chi connectivity index (χ1v) is 4.68. The van der Waals surface area contributed by atoms with Crippen LogP contribution in [-0.4, -0.2) is 10.7 Å². The first kappa shape index (κ1) is 9.59. The molecule has 1 saturated carbocycles. The summed E-state index contributed by atoms with van der Waals surface area (Å²) >= 11 is 0. The van der Waals surface area contributed by atoms with E-state index in [1.807, 2.05) is 6.92 Å². The predicted octanol–water partition coefficient (Wildman–Crippen LogP) is 2.28. The average molecular weight is 198 g/mol. The average Bonchev–Trinajstić information content (AvgIpc) is 2.69. The maximum atomic E-state index is 13.2. The molecule has 0 saturated heterocycles. The fourth-order valence-corrected chi connectivity index (χ4v) is 1.73. The summed E-state index contributed by atoms with van der Waals surface area (Å²) in [6.07, 6.45) is 0.876. The highest BCUT2D eigenvalue weighted by molar-refractivity contribution is 5.23. The molecule has 2 rings (SSSR count). The minimum absolute atomic E-state index is 0.185. The van der Waals surface area contributed by atoms with Gasteiger partial charge < -0.3 is 5.11 Å². The lowest BCUT2D eigenvalue weighted by Crippen LogP contribution is -2.15. The van der Waals surface area contributed by atoms with Gasteiger partial charge in [0.1, 0.15) is 0 Å². The number of benzene rings is 1. The molecule has 1 aromatic carbocycles. The van der Waals surface area contributed by atoms with Crippen LogP contribution in [0.5, 0.6) is 0 Å². The molecule has 1 aliphatic carbocycles. The van der Waals surface area contributed by atoms with Crippen LogP contribution in [0.4, 0.5) is 8.78 Å². The van der Waals surface area contributed by atoms with Crippen LogP contribution in [0.15, 0.2) is 18.2 Å². The lowest BCUT2D eigenvalue weighted by atomic mass is 10.0. The van der Waals surface area contributed by atoms with Crippen LogP contribution in [0.3, 0.4) is 0 Å². The Morgan fingerprint density at radius 1 is 1.50 bits per heavy atom. The molecule has 14 heavy (non-hydrogen) atoms. The molecule has 0 aliphatic heterocycles. The third-order valence-electron chi connectivity index (χ3n) is 2.94. The van der Waals surface area contributed by atoms with Crippen molar-refractivity contribution in [2.24, 2.45) is 5.92 Å². The third kappa shape index (κ3) is 1.52. The van der Waals surface area contributed by atoms with Gasteiger partial charge >= 0.3 is 0 Å². The van der Waals surface area contributed by atoms with E-state index in [0.717, 1.165) is 6.07 Å². The summed E-state index contributed by atoms with van der Waals surface area (Å²) in [5.74, 6) is -1.50. The molecule has 0 radical (unpaired) electrons. The van der Waals surface area contributed by atoms with Crippen molar-refractivity contribution in [2.45, 2.75) is 25.4 Å². The number of aliphatic hydroxyl groups is 1. The highest BCUT2D eigenvalue weighted by Gasteiger charge is 2.49. The zero-order valence-electron chi connectivity index (χ0n) is 7.93. The molecule has 1 aliphatic rings. The standard InChI is InChI=1S/C11H12F2O/c1-7-5-11(7,14)6-8-3-2-4-9(12)10(8)13/h2-4,7,14H,5-6H2,1H3. The molecular weight excluding hydrogens is 186 g/mol. The van der Waals surface area contributed by atoms with Crippen LogP contribution >= 0.6 is 0 Å². The van der Waals surface area contributed by atoms with Crippen molar-refractivity contribution in [1.29, 1.82) is 0 Å². The molecule has 0 bridgehead atoms. The number of rotatable bonds is 2. The molecule has 1 aromatic rings. The van der Waals surface area contributed by atoms with Crippen molar-refractivity contribution in [2.75, 3.05) is 0 Å². The molecule has 0 spiro atoms. The lowest BCUT2D eigenvalue weighted by Gasteiger charge is -2.09. The molecule has 0 amide bonds. The van der Waals surface area contributed by atoms with Crippen molar-refractivity contribution in [3.63, 3.8) is 0 Å². The van der Waals surface area contributed by atoms with Gasteiger partial charge in [-0.3, -0.25) is 0 Å². The second-order valence-electron chi connectivity index (χ2n) is 4.10. The van der Waals surface area contributed by atoms with E-state index < -0.39 is 17.2 Å². The van der Waals surface area contributed by atoms with Crippen LogP contribution in [0.25, 0.3) is 0 Å². The summed E-state index contributed by atoms with van der Waals surface area (Å²) in [5, 5.41) is 9.78. The molecule has 2 atom stereocenters. The van der Waals surface area contributed by atoms with Crippen LogP contribution in [0, 0.1) is 17.6 Å². The van der Waals surface area contributed by atoms with Crippen LogP contribution in [-0.2, 0) is 6.42 Å². The van der Waals surface area contributed by atoms with E-state index in [2.05, 4.69) is 0 Å². The lowest BCUT2D eigenvalue weighted by molar-refractivity contribution is 0.133. The first-order chi connectivity index (χ1) is 6.53. The van der Waals surface area contributed by atoms with Gasteiger partial charge in [0, 0.05) is 6.42 Å². The van der Waals surface area contributed by atoms with Gasteiger partial charge in [-0.25, -0.2) is 8.78 Å². The first-order valence-electron chi connectivity index (χ1n) is 4.68. The number of hydrogen-bond donors (Lipinski definition) is 1. The monoisotopic (exact) mass is 198 g/mol. The summed E-state index contributed by atoms with van der Waals surface area (Å²) in [5.41, 5.74) is -0.550. The summed E-state index contributed by atoms with van der Waals surface area (Å²) in [4.78, 5) is 0. The van der Waals surface area contributed by atoms with Gasteiger partial charge in [0.25, 0.3) is 0 Å². The van der Waals surface area contributed by atoms with E-state index in [-0.39, 0.29) is 17.9 Å². The van der Waals surface area contributed by atoms with Gasteiger partial charge in [-0.15, -0.1) is 0 Å². The molecule has 76 valence electrons. The maximum Gasteiger partial charge on any atom is 0.162 e. The molecule has 1 nitrogen and oxygen atoms in total. The maximum absolute atomic E-state index is 13.2. The topological polar surface area (TPSA) is 20.2 Å². The van der Waals surface area contributed by atoms with Crippen molar-refractivity contribution in [3.05, 3.63) is 35.4 Å². The fraction of sp³-hybridized carbons (Fsp3) is 0.455. The Morgan fingerprint density at radius 2 is 2.14 bits per heavy atom. The third-order valence-corrected chi connectivity index (χ3v) is 2.94. The van der Waals surface area contributed by atoms with E-state index in [1.54, 1.807) is 0 Å². The largest absolute Gasteiger partial charge is 0.389 e. The Morgan fingerprint density at radius 3 is 2.71 bits per heavy atom. The smallest absolute Gasteiger partial charge is 0.162 e. The van der Waals surface area contributed by atoms with Gasteiger partial charge in [-0.05, 0) is 24.0 Å². The van der Waals surface area contributed by atoms with Gasteiger partial charge in [-0.1, -0.05) is 19.1 Å². The fourth-order valence-electron chi connectivity index (χ4n) is 1.73. The van der Waals surface area contributed by atoms with Crippen LogP contribution in [0.2, 0.25) is 0 Å². The Hall–Kier alpha value is -0.960. The highest BCUT2D eigenvalue weighted by atomic mass is 19.2. The molecule has 3 heteroatoms. The van der Waals surface area contributed by atoms with E-state index in [1.165, 1.54) is 12.1 Å². The van der Waals surface area contributed by atoms with Crippen LogP contribution < -0.4 is 0 Å². The summed E-state index contributed by atoms with van der Waals surface area (Å²) in [6, 6.07) is 4.06. The minimum atomic E-state index is -0.848. The summed E-state index contributed by atoms with van der Waals surface area (Å²) in [6.45, 7) is 1.90. The number of halogens is 2. The summed E-state index contributed by atoms with van der Waals surface area (Å²) < 4.78 is 26.0. The molecule has 0 heterocycles. The Labute approximate surface area is 81.4 Å². The molecule has 1 N–H and O–H groups in total. The van der Waals surface area contributed by atoms with Gasteiger partial charge in [0.2, 0.25) is 0 Å². The van der Waals surface area contributed by atoms with Crippen molar-refractivity contribution in [3.8, 4) is 0 Å². The van der Waals surface area contributed by atoms with E-state index in [4.69, 9.17) is 0 Å². The molecule has 0 aromatic heterocycles. The zero-order valence-corrected chi connectivity index (χ0v) is 7.93. The Bertz CT molecular complexity index is 364. The Balaban J connectivity index is 2.22. The van der Waals surface area contributed by atoms with Gasteiger partial charge in [0.15, 0.2) is 11.6 Å². The van der Waals surface area contributed by atoms with Crippen LogP contribution in [0.1, 0.15) is 18.9 Å². The van der Waals surface area contributed by atoms with E-state index in [9.17, 15) is 13.9 Å². The minimum Gasteiger partial charge on any atom is -0.389 e. The second kappa shape index (κ2) is 3.02. The predicted molar refractivity (Wildman–Crippen MR) is 48.8 cm³/mol. The number of hydrogen-bond acceptors (Lipinski definition) is 1. The van der Waals surface area contributed by atoms with E-state index >= 15 is 0 Å². The van der Waals surface area contributed by atoms with Crippen molar-refractivity contribution < 1.29 is 13.9 Å². The summed E-state index contributed by atoms with van der Waals surface area (Å²) in [7, 11) is 0. The SMILES string of the molecule is CC1CC1(O)Cc1cccc(F)c1F. The van der Waals surface area contributed by atoms with Gasteiger partial charge in [-0.2, -0.15) is 0 Å².